The second-order valence-corrected chi connectivity index (χ2v) is 5.88. The number of anilines is 1. The fourth-order valence-electron chi connectivity index (χ4n) is 1.52. The Morgan fingerprint density at radius 3 is 2.65 bits per heavy atom. The molecule has 8 heteroatoms. The summed E-state index contributed by atoms with van der Waals surface area (Å²) in [5, 5.41) is 9.69. The summed E-state index contributed by atoms with van der Waals surface area (Å²) < 4.78 is 31.4. The molecule has 0 saturated heterocycles. The molecule has 2 aromatic rings. The van der Waals surface area contributed by atoms with E-state index in [-0.39, 0.29) is 27.2 Å². The molecule has 0 aliphatic carbocycles. The molecule has 1 heterocycles. The lowest BCUT2D eigenvalue weighted by Crippen LogP contribution is -2.13. The Morgan fingerprint density at radius 2 is 2.05 bits per heavy atom. The van der Waals surface area contributed by atoms with E-state index in [2.05, 4.69) is 9.71 Å². The lowest BCUT2D eigenvalue weighted by molar-refractivity contribution is 0.373. The van der Waals surface area contributed by atoms with Gasteiger partial charge in [-0.25, -0.2) is 13.4 Å². The van der Waals surface area contributed by atoms with E-state index < -0.39 is 10.0 Å². The van der Waals surface area contributed by atoms with Gasteiger partial charge in [0.2, 0.25) is 0 Å². The largest absolute Gasteiger partial charge is 0.504 e. The van der Waals surface area contributed by atoms with Crippen molar-refractivity contribution >= 4 is 27.3 Å². The normalized spacial score (nSPS) is 11.1. The average molecular weight is 315 g/mol. The fraction of sp³-hybridized carbons (Fsp3) is 0.0833. The van der Waals surface area contributed by atoms with Gasteiger partial charge < -0.3 is 9.84 Å². The van der Waals surface area contributed by atoms with Gasteiger partial charge in [-0.15, -0.1) is 0 Å². The Kier molecular flexibility index (Phi) is 4.01. The Morgan fingerprint density at radius 1 is 1.30 bits per heavy atom. The maximum absolute atomic E-state index is 12.1. The summed E-state index contributed by atoms with van der Waals surface area (Å²) in [5.41, 5.74) is 0.205. The Labute approximate surface area is 121 Å². The van der Waals surface area contributed by atoms with Gasteiger partial charge in [0, 0.05) is 12.3 Å². The summed E-state index contributed by atoms with van der Waals surface area (Å²) in [5.74, 6) is 0.0837. The maximum atomic E-state index is 12.1. The summed E-state index contributed by atoms with van der Waals surface area (Å²) in [6, 6.07) is 6.72. The number of phenols is 1. The number of halogens is 1. The summed E-state index contributed by atoms with van der Waals surface area (Å²) in [6.07, 6.45) is 1.29. The predicted molar refractivity (Wildman–Crippen MR) is 74.7 cm³/mol. The zero-order valence-electron chi connectivity index (χ0n) is 10.4. The van der Waals surface area contributed by atoms with Gasteiger partial charge in [0.05, 0.1) is 17.7 Å². The van der Waals surface area contributed by atoms with Gasteiger partial charge in [0.1, 0.15) is 5.15 Å². The minimum atomic E-state index is -3.80. The highest BCUT2D eigenvalue weighted by Crippen LogP contribution is 2.29. The van der Waals surface area contributed by atoms with Crippen LogP contribution in [0.15, 0.2) is 41.4 Å². The number of benzene rings is 1. The van der Waals surface area contributed by atoms with Crippen molar-refractivity contribution < 1.29 is 18.3 Å². The number of aromatic nitrogens is 1. The molecular formula is C12H11ClN2O4S. The average Bonchev–Trinajstić information content (AvgIpc) is 2.38. The van der Waals surface area contributed by atoms with Gasteiger partial charge in [-0.2, -0.15) is 0 Å². The van der Waals surface area contributed by atoms with Crippen LogP contribution in [0.1, 0.15) is 0 Å². The number of rotatable bonds is 4. The van der Waals surface area contributed by atoms with Crippen LogP contribution in [0, 0.1) is 0 Å². The number of hydrogen-bond acceptors (Lipinski definition) is 5. The van der Waals surface area contributed by atoms with E-state index in [1.807, 2.05) is 0 Å². The van der Waals surface area contributed by atoms with E-state index in [9.17, 15) is 13.5 Å². The third kappa shape index (κ3) is 3.12. The number of phenolic OH excluding ortho intramolecular Hbond substituents is 1. The Bertz CT molecular complexity index is 734. The van der Waals surface area contributed by atoms with Crippen LogP contribution in [0.5, 0.6) is 11.5 Å². The van der Waals surface area contributed by atoms with E-state index in [0.29, 0.717) is 0 Å². The smallest absolute Gasteiger partial charge is 0.262 e. The zero-order chi connectivity index (χ0) is 14.8. The molecule has 106 valence electrons. The molecule has 0 spiro atoms. The topological polar surface area (TPSA) is 88.5 Å². The molecular weight excluding hydrogens is 304 g/mol. The Balaban J connectivity index is 2.31. The summed E-state index contributed by atoms with van der Waals surface area (Å²) >= 11 is 5.66. The third-order valence-electron chi connectivity index (χ3n) is 2.44. The van der Waals surface area contributed by atoms with E-state index in [1.165, 1.54) is 43.6 Å². The molecule has 0 aliphatic rings. The van der Waals surface area contributed by atoms with Crippen molar-refractivity contribution in [2.75, 3.05) is 11.8 Å². The van der Waals surface area contributed by atoms with Gasteiger partial charge in [0.25, 0.3) is 10.0 Å². The van der Waals surface area contributed by atoms with E-state index in [0.717, 1.165) is 0 Å². The highest BCUT2D eigenvalue weighted by atomic mass is 35.5. The number of hydrogen-bond donors (Lipinski definition) is 2. The monoisotopic (exact) mass is 314 g/mol. The van der Waals surface area contributed by atoms with E-state index in [1.54, 1.807) is 0 Å². The van der Waals surface area contributed by atoms with Crippen LogP contribution in [0.25, 0.3) is 0 Å². The second kappa shape index (κ2) is 5.56. The molecule has 0 amide bonds. The maximum Gasteiger partial charge on any atom is 0.262 e. The quantitative estimate of drug-likeness (QED) is 0.845. The number of pyridine rings is 1. The minimum absolute atomic E-state index is 0.0205. The van der Waals surface area contributed by atoms with Crippen LogP contribution in [-0.4, -0.2) is 25.6 Å². The lowest BCUT2D eigenvalue weighted by Gasteiger charge is -2.10. The Hall–Kier alpha value is -1.99. The first-order valence-corrected chi connectivity index (χ1v) is 7.30. The zero-order valence-corrected chi connectivity index (χ0v) is 11.9. The number of aromatic hydroxyl groups is 1. The molecule has 0 bridgehead atoms. The number of ether oxygens (including phenoxy) is 1. The number of methoxy groups -OCH3 is 1. The minimum Gasteiger partial charge on any atom is -0.504 e. The standard InChI is InChI=1S/C12H11ClN2O4S/c1-19-11-3-2-8(6-10(11)16)15-20(17,18)9-4-5-14-12(13)7-9/h2-7,15-16H,1H3. The van der Waals surface area contributed by atoms with Crippen LogP contribution in [0.2, 0.25) is 5.15 Å². The van der Waals surface area contributed by atoms with Gasteiger partial charge in [-0.3, -0.25) is 4.72 Å². The molecule has 20 heavy (non-hydrogen) atoms. The van der Waals surface area contributed by atoms with Crippen molar-refractivity contribution in [1.29, 1.82) is 0 Å². The van der Waals surface area contributed by atoms with Crippen molar-refractivity contribution in [3.05, 3.63) is 41.7 Å². The second-order valence-electron chi connectivity index (χ2n) is 3.81. The van der Waals surface area contributed by atoms with Crippen molar-refractivity contribution in [3.8, 4) is 11.5 Å². The molecule has 1 aromatic heterocycles. The lowest BCUT2D eigenvalue weighted by atomic mass is 10.3. The molecule has 1 aromatic carbocycles. The first-order chi connectivity index (χ1) is 9.42. The summed E-state index contributed by atoms with van der Waals surface area (Å²) in [7, 11) is -2.40. The molecule has 2 N–H and O–H groups in total. The highest BCUT2D eigenvalue weighted by molar-refractivity contribution is 7.92. The van der Waals surface area contributed by atoms with E-state index in [4.69, 9.17) is 16.3 Å². The third-order valence-corrected chi connectivity index (χ3v) is 4.03. The van der Waals surface area contributed by atoms with Crippen molar-refractivity contribution in [2.45, 2.75) is 4.90 Å². The van der Waals surface area contributed by atoms with Gasteiger partial charge in [-0.1, -0.05) is 11.6 Å². The molecule has 0 fully saturated rings. The van der Waals surface area contributed by atoms with Gasteiger partial charge in [0.15, 0.2) is 11.5 Å². The van der Waals surface area contributed by atoms with Crippen LogP contribution >= 0.6 is 11.6 Å². The first-order valence-electron chi connectivity index (χ1n) is 5.44. The highest BCUT2D eigenvalue weighted by Gasteiger charge is 2.15. The van der Waals surface area contributed by atoms with Crippen molar-refractivity contribution in [3.63, 3.8) is 0 Å². The van der Waals surface area contributed by atoms with Gasteiger partial charge in [-0.05, 0) is 24.3 Å². The predicted octanol–water partition coefficient (Wildman–Crippen LogP) is 2.25. The fourth-order valence-corrected chi connectivity index (χ4v) is 2.82. The molecule has 0 radical (unpaired) electrons. The number of sulfonamides is 1. The summed E-state index contributed by atoms with van der Waals surface area (Å²) in [4.78, 5) is 3.69. The molecule has 0 saturated carbocycles. The number of nitrogens with zero attached hydrogens (tertiary/aromatic N) is 1. The number of nitrogens with one attached hydrogen (secondary N) is 1. The molecule has 0 atom stereocenters. The first kappa shape index (κ1) is 14.4. The molecule has 6 nitrogen and oxygen atoms in total. The summed E-state index contributed by atoms with van der Waals surface area (Å²) in [6.45, 7) is 0. The van der Waals surface area contributed by atoms with Gasteiger partial charge >= 0.3 is 0 Å². The molecule has 0 aliphatic heterocycles. The van der Waals surface area contributed by atoms with Crippen molar-refractivity contribution in [1.82, 2.24) is 4.98 Å². The van der Waals surface area contributed by atoms with E-state index >= 15 is 0 Å². The van der Waals surface area contributed by atoms with Crippen LogP contribution < -0.4 is 9.46 Å². The van der Waals surface area contributed by atoms with Crippen molar-refractivity contribution in [2.24, 2.45) is 0 Å². The van der Waals surface area contributed by atoms with Crippen LogP contribution in [-0.2, 0) is 10.0 Å². The molecule has 2 rings (SSSR count). The SMILES string of the molecule is COc1ccc(NS(=O)(=O)c2ccnc(Cl)c2)cc1O. The molecule has 0 unspecified atom stereocenters. The van der Waals surface area contributed by atoms with Crippen LogP contribution in [0.3, 0.4) is 0 Å². The van der Waals surface area contributed by atoms with Crippen LogP contribution in [0.4, 0.5) is 5.69 Å².